The van der Waals surface area contributed by atoms with E-state index in [1.165, 1.54) is 0 Å². The minimum atomic E-state index is -0.127. The van der Waals surface area contributed by atoms with Gasteiger partial charge >= 0.3 is 0 Å². The van der Waals surface area contributed by atoms with E-state index in [4.69, 9.17) is 0 Å². The highest BCUT2D eigenvalue weighted by Crippen LogP contribution is 2.36. The zero-order chi connectivity index (χ0) is 12.0. The van der Waals surface area contributed by atoms with Gasteiger partial charge in [-0.3, -0.25) is 14.9 Å². The summed E-state index contributed by atoms with van der Waals surface area (Å²) in [6.07, 6.45) is 1.74. The molecule has 5 heteroatoms. The molecule has 3 heterocycles. The number of amides is 1. The molecular formula is C12H12N4O. The van der Waals surface area contributed by atoms with Gasteiger partial charge in [0, 0.05) is 24.5 Å². The third kappa shape index (κ3) is 1.28. The van der Waals surface area contributed by atoms with E-state index < -0.39 is 0 Å². The molecule has 1 aliphatic heterocycles. The zero-order valence-electron chi connectivity index (χ0n) is 9.64. The van der Waals surface area contributed by atoms with Crippen molar-refractivity contribution in [2.45, 2.75) is 13.0 Å². The lowest BCUT2D eigenvalue weighted by Crippen LogP contribution is -2.25. The molecule has 2 aromatic rings. The highest BCUT2D eigenvalue weighted by molar-refractivity contribution is 5.98. The normalized spacial score (nSPS) is 18.6. The molecule has 1 N–H and O–H groups in total. The first kappa shape index (κ1) is 10.0. The smallest absolute Gasteiger partial charge is 0.275 e. The fourth-order valence-corrected chi connectivity index (χ4v) is 2.30. The molecule has 0 aromatic carbocycles. The Bertz CT molecular complexity index is 575. The van der Waals surface area contributed by atoms with Gasteiger partial charge in [0.2, 0.25) is 0 Å². The first-order valence-corrected chi connectivity index (χ1v) is 5.43. The maximum atomic E-state index is 12.0. The lowest BCUT2D eigenvalue weighted by molar-refractivity contribution is 0.0785. The molecular weight excluding hydrogens is 216 g/mol. The van der Waals surface area contributed by atoms with Gasteiger partial charge in [0.25, 0.3) is 5.91 Å². The number of aromatic nitrogens is 3. The van der Waals surface area contributed by atoms with Crippen molar-refractivity contribution in [2.75, 3.05) is 7.05 Å². The second kappa shape index (κ2) is 3.41. The Labute approximate surface area is 98.5 Å². The number of H-pyrrole nitrogens is 1. The minimum Gasteiger partial charge on any atom is -0.327 e. The summed E-state index contributed by atoms with van der Waals surface area (Å²) >= 11 is 0. The number of carbonyl (C=O) groups excluding carboxylic acids is 1. The van der Waals surface area contributed by atoms with Crippen molar-refractivity contribution in [1.29, 1.82) is 0 Å². The molecule has 2 aromatic heterocycles. The Kier molecular flexibility index (Phi) is 2.01. The molecule has 0 aliphatic carbocycles. The summed E-state index contributed by atoms with van der Waals surface area (Å²) in [5.41, 5.74) is 3.25. The van der Waals surface area contributed by atoms with Gasteiger partial charge in [0.1, 0.15) is 6.04 Å². The topological polar surface area (TPSA) is 61.9 Å². The highest BCUT2D eigenvalue weighted by Gasteiger charge is 2.39. The Balaban J connectivity index is 2.18. The van der Waals surface area contributed by atoms with Crippen LogP contribution in [0.1, 0.15) is 33.5 Å². The molecule has 86 valence electrons. The van der Waals surface area contributed by atoms with Gasteiger partial charge in [-0.25, -0.2) is 0 Å². The second-order valence-electron chi connectivity index (χ2n) is 4.18. The van der Waals surface area contributed by atoms with Crippen LogP contribution in [0.25, 0.3) is 0 Å². The molecule has 0 radical (unpaired) electrons. The van der Waals surface area contributed by atoms with Gasteiger partial charge in [-0.15, -0.1) is 0 Å². The van der Waals surface area contributed by atoms with Gasteiger partial charge in [0.05, 0.1) is 5.69 Å². The van der Waals surface area contributed by atoms with Crippen molar-refractivity contribution in [1.82, 2.24) is 20.1 Å². The predicted octanol–water partition coefficient (Wildman–Crippen LogP) is 1.29. The van der Waals surface area contributed by atoms with Crippen molar-refractivity contribution >= 4 is 5.91 Å². The van der Waals surface area contributed by atoms with E-state index in [1.54, 1.807) is 18.1 Å². The SMILES string of the molecule is Cc1[nH]nc2c1[C@H](c1ccccn1)N(C)C2=O. The van der Waals surface area contributed by atoms with E-state index in [1.807, 2.05) is 25.1 Å². The van der Waals surface area contributed by atoms with Crippen LogP contribution in [0.4, 0.5) is 0 Å². The second-order valence-corrected chi connectivity index (χ2v) is 4.18. The number of nitrogens with one attached hydrogen (secondary N) is 1. The maximum absolute atomic E-state index is 12.0. The fourth-order valence-electron chi connectivity index (χ4n) is 2.30. The molecule has 1 atom stereocenters. The van der Waals surface area contributed by atoms with Gasteiger partial charge in [-0.05, 0) is 19.1 Å². The molecule has 0 fully saturated rings. The van der Waals surface area contributed by atoms with E-state index in [9.17, 15) is 4.79 Å². The summed E-state index contributed by atoms with van der Waals surface area (Å²) in [5.74, 6) is -0.0556. The van der Waals surface area contributed by atoms with Crippen LogP contribution >= 0.6 is 0 Å². The predicted molar refractivity (Wildman–Crippen MR) is 61.5 cm³/mol. The largest absolute Gasteiger partial charge is 0.327 e. The van der Waals surface area contributed by atoms with Crippen molar-refractivity contribution in [3.8, 4) is 0 Å². The summed E-state index contributed by atoms with van der Waals surface area (Å²) in [6.45, 7) is 1.92. The number of nitrogens with zero attached hydrogens (tertiary/aromatic N) is 3. The van der Waals surface area contributed by atoms with E-state index >= 15 is 0 Å². The summed E-state index contributed by atoms with van der Waals surface area (Å²) < 4.78 is 0. The third-order valence-electron chi connectivity index (χ3n) is 3.15. The van der Waals surface area contributed by atoms with E-state index in [2.05, 4.69) is 15.2 Å². The monoisotopic (exact) mass is 228 g/mol. The van der Waals surface area contributed by atoms with E-state index in [0.717, 1.165) is 17.0 Å². The van der Waals surface area contributed by atoms with Crippen LogP contribution in [0.5, 0.6) is 0 Å². The zero-order valence-corrected chi connectivity index (χ0v) is 9.64. The number of aromatic amines is 1. The van der Waals surface area contributed by atoms with Crippen molar-refractivity contribution in [2.24, 2.45) is 0 Å². The molecule has 0 unspecified atom stereocenters. The van der Waals surface area contributed by atoms with Crippen molar-refractivity contribution in [3.05, 3.63) is 47.0 Å². The minimum absolute atomic E-state index is 0.0556. The number of carbonyl (C=O) groups is 1. The summed E-state index contributed by atoms with van der Waals surface area (Å²) in [6, 6.07) is 5.59. The summed E-state index contributed by atoms with van der Waals surface area (Å²) in [5, 5.41) is 6.92. The van der Waals surface area contributed by atoms with Gasteiger partial charge in [-0.2, -0.15) is 5.10 Å². The Morgan fingerprint density at radius 3 is 2.94 bits per heavy atom. The molecule has 17 heavy (non-hydrogen) atoms. The lowest BCUT2D eigenvalue weighted by Gasteiger charge is -2.20. The maximum Gasteiger partial charge on any atom is 0.275 e. The Hall–Kier alpha value is -2.17. The van der Waals surface area contributed by atoms with Crippen LogP contribution in [0, 0.1) is 6.92 Å². The number of fused-ring (bicyclic) bond motifs is 1. The third-order valence-corrected chi connectivity index (χ3v) is 3.15. The number of rotatable bonds is 1. The summed E-state index contributed by atoms with van der Waals surface area (Å²) in [7, 11) is 1.78. The van der Waals surface area contributed by atoms with Crippen LogP contribution in [0.15, 0.2) is 24.4 Å². The molecule has 0 spiro atoms. The highest BCUT2D eigenvalue weighted by atomic mass is 16.2. The quantitative estimate of drug-likeness (QED) is 0.800. The first-order valence-electron chi connectivity index (χ1n) is 5.43. The Morgan fingerprint density at radius 1 is 1.41 bits per heavy atom. The number of aryl methyl sites for hydroxylation is 1. The molecule has 0 bridgehead atoms. The van der Waals surface area contributed by atoms with Gasteiger partial charge < -0.3 is 4.90 Å². The van der Waals surface area contributed by atoms with Crippen molar-refractivity contribution in [3.63, 3.8) is 0 Å². The molecule has 0 saturated carbocycles. The number of hydrogen-bond donors (Lipinski definition) is 1. The number of pyridine rings is 1. The molecule has 5 nitrogen and oxygen atoms in total. The van der Waals surface area contributed by atoms with Crippen molar-refractivity contribution < 1.29 is 4.79 Å². The lowest BCUT2D eigenvalue weighted by atomic mass is 10.0. The average Bonchev–Trinajstić information content (AvgIpc) is 2.83. The van der Waals surface area contributed by atoms with Gasteiger partial charge in [0.15, 0.2) is 5.69 Å². The van der Waals surface area contributed by atoms with Crippen LogP contribution in [0.3, 0.4) is 0 Å². The standard InChI is InChI=1S/C12H12N4O/c1-7-9-10(15-14-7)12(17)16(2)11(9)8-5-3-4-6-13-8/h3-6,11H,1-2H3,(H,14,15)/t11-/m0/s1. The van der Waals surface area contributed by atoms with E-state index in [0.29, 0.717) is 5.69 Å². The molecule has 3 rings (SSSR count). The van der Waals surface area contributed by atoms with Crippen LogP contribution < -0.4 is 0 Å². The fraction of sp³-hybridized carbons (Fsp3) is 0.250. The molecule has 1 amide bonds. The molecule has 0 saturated heterocycles. The van der Waals surface area contributed by atoms with Gasteiger partial charge in [-0.1, -0.05) is 6.07 Å². The summed E-state index contributed by atoms with van der Waals surface area (Å²) in [4.78, 5) is 18.0. The first-order chi connectivity index (χ1) is 8.20. The van der Waals surface area contributed by atoms with Crippen LogP contribution in [-0.2, 0) is 0 Å². The van der Waals surface area contributed by atoms with Crippen LogP contribution in [0.2, 0.25) is 0 Å². The molecule has 1 aliphatic rings. The van der Waals surface area contributed by atoms with E-state index in [-0.39, 0.29) is 11.9 Å². The Morgan fingerprint density at radius 2 is 2.24 bits per heavy atom. The number of hydrogen-bond acceptors (Lipinski definition) is 3. The van der Waals surface area contributed by atoms with Crippen LogP contribution in [-0.4, -0.2) is 33.0 Å². The average molecular weight is 228 g/mol.